The van der Waals surface area contributed by atoms with E-state index in [2.05, 4.69) is 0 Å². The van der Waals surface area contributed by atoms with Crippen molar-refractivity contribution < 1.29 is 34.5 Å². The number of nitrogens with zero attached hydrogens (tertiary/aromatic N) is 3. The third-order valence-corrected chi connectivity index (χ3v) is 4.38. The lowest BCUT2D eigenvalue weighted by Gasteiger charge is -2.27. The van der Waals surface area contributed by atoms with Crippen LogP contribution in [0.1, 0.15) is 37.7 Å². The maximum absolute atomic E-state index is 11.3. The van der Waals surface area contributed by atoms with Crippen molar-refractivity contribution in [3.63, 3.8) is 0 Å². The largest absolute Gasteiger partial charge is 0.475 e. The summed E-state index contributed by atoms with van der Waals surface area (Å²) in [7, 11) is 0. The molecule has 4 N–H and O–H groups in total. The lowest BCUT2D eigenvalue weighted by molar-refractivity contribution is -0.587. The second-order valence-corrected chi connectivity index (χ2v) is 6.14. The van der Waals surface area contributed by atoms with E-state index in [-0.39, 0.29) is 29.9 Å². The van der Waals surface area contributed by atoms with Gasteiger partial charge in [0.1, 0.15) is 5.92 Å². The maximum atomic E-state index is 11.3. The van der Waals surface area contributed by atoms with Crippen molar-refractivity contribution in [1.82, 2.24) is 5.06 Å². The van der Waals surface area contributed by atoms with Crippen LogP contribution in [0.5, 0.6) is 0 Å². The minimum atomic E-state index is -2.98. The van der Waals surface area contributed by atoms with Gasteiger partial charge in [-0.3, -0.25) is 40.8 Å². The highest BCUT2D eigenvalue weighted by molar-refractivity contribution is 6.00. The number of carboxylic acids is 1. The van der Waals surface area contributed by atoms with Crippen molar-refractivity contribution in [2.75, 3.05) is 0 Å². The number of amides is 2. The molecule has 13 nitrogen and oxygen atoms in total. The van der Waals surface area contributed by atoms with Crippen LogP contribution in [-0.2, 0) is 14.4 Å². The number of hydrogen-bond donors (Lipinski definition) is 3. The second-order valence-electron chi connectivity index (χ2n) is 6.14. The van der Waals surface area contributed by atoms with Crippen LogP contribution in [0.4, 0.5) is 0 Å². The SMILES string of the molecule is CCC(C(c1ccccc1)C(N)(C(=O)O)[N+](=O)[O-])[N+](=O)[O-].O=C1CCC(=O)N1O. The van der Waals surface area contributed by atoms with Crippen LogP contribution in [0.25, 0.3) is 0 Å². The van der Waals surface area contributed by atoms with Gasteiger partial charge in [-0.25, -0.2) is 4.79 Å². The number of aliphatic carboxylic acids is 1. The smallest absolute Gasteiger partial charge is 0.399 e. The van der Waals surface area contributed by atoms with Crippen LogP contribution in [0.3, 0.4) is 0 Å². The summed E-state index contributed by atoms with van der Waals surface area (Å²) >= 11 is 0. The van der Waals surface area contributed by atoms with Gasteiger partial charge in [0.05, 0.1) is 4.92 Å². The molecule has 1 saturated heterocycles. The number of carbonyl (C=O) groups excluding carboxylic acids is 2. The molecule has 0 bridgehead atoms. The van der Waals surface area contributed by atoms with Crippen LogP contribution in [0, 0.1) is 20.2 Å². The standard InChI is InChI=1S/C12H15N3O6.C4H5NO3/c1-2-9(14(18)19)10(8-6-4-3-5-7-8)12(13,11(16)17)15(20)21;6-3-1-2-4(7)5(3)8/h3-7,9-10H,2,13H2,1H3,(H,16,17);8H,1-2H2. The minimum Gasteiger partial charge on any atom is -0.475 e. The first-order chi connectivity index (χ1) is 13.5. The first-order valence-electron chi connectivity index (χ1n) is 8.38. The molecule has 0 aromatic heterocycles. The van der Waals surface area contributed by atoms with Gasteiger partial charge in [-0.2, -0.15) is 5.06 Å². The van der Waals surface area contributed by atoms with Gasteiger partial charge in [-0.1, -0.05) is 37.3 Å². The van der Waals surface area contributed by atoms with E-state index in [1.807, 2.05) is 0 Å². The lowest BCUT2D eigenvalue weighted by atomic mass is 9.80. The summed E-state index contributed by atoms with van der Waals surface area (Å²) in [6.07, 6.45) is 0.206. The molecule has 1 aromatic rings. The third kappa shape index (κ3) is 5.08. The van der Waals surface area contributed by atoms with E-state index < -0.39 is 45.3 Å². The van der Waals surface area contributed by atoms with Crippen LogP contribution >= 0.6 is 0 Å². The summed E-state index contributed by atoms with van der Waals surface area (Å²) < 4.78 is 0. The molecule has 0 saturated carbocycles. The number of hydrogen-bond acceptors (Lipinski definition) is 9. The molecular formula is C16H20N4O9. The molecule has 158 valence electrons. The number of hydroxylamine groups is 2. The number of carboxylic acid groups (broad SMARTS) is 1. The Morgan fingerprint density at radius 1 is 1.21 bits per heavy atom. The summed E-state index contributed by atoms with van der Waals surface area (Å²) in [5, 5.41) is 40.1. The quantitative estimate of drug-likeness (QED) is 0.184. The summed E-state index contributed by atoms with van der Waals surface area (Å²) in [6, 6.07) is 5.93. The van der Waals surface area contributed by atoms with E-state index in [1.165, 1.54) is 31.2 Å². The Morgan fingerprint density at radius 3 is 1.97 bits per heavy atom. The fourth-order valence-electron chi connectivity index (χ4n) is 2.83. The van der Waals surface area contributed by atoms with Crippen molar-refractivity contribution in [3.05, 3.63) is 56.1 Å². The van der Waals surface area contributed by atoms with Crippen LogP contribution in [0.2, 0.25) is 0 Å². The highest BCUT2D eigenvalue weighted by atomic mass is 16.6. The average Bonchev–Trinajstić information content (AvgIpc) is 2.96. The lowest BCUT2D eigenvalue weighted by Crippen LogP contribution is -2.62. The number of nitro groups is 2. The molecule has 3 atom stereocenters. The summed E-state index contributed by atoms with van der Waals surface area (Å²) in [5.74, 6) is -4.52. The molecule has 1 heterocycles. The predicted molar refractivity (Wildman–Crippen MR) is 94.7 cm³/mol. The Kier molecular flexibility index (Phi) is 7.85. The summed E-state index contributed by atoms with van der Waals surface area (Å²) in [6.45, 7) is 1.45. The number of imide groups is 1. The number of rotatable bonds is 7. The molecule has 2 amide bonds. The fourth-order valence-corrected chi connectivity index (χ4v) is 2.83. The molecule has 0 aliphatic carbocycles. The first-order valence-corrected chi connectivity index (χ1v) is 8.38. The molecule has 0 radical (unpaired) electrons. The number of nitrogens with two attached hydrogens (primary N) is 1. The van der Waals surface area contributed by atoms with Gasteiger partial charge in [-0.05, 0) is 5.56 Å². The van der Waals surface area contributed by atoms with Crippen molar-refractivity contribution in [1.29, 1.82) is 0 Å². The van der Waals surface area contributed by atoms with E-state index >= 15 is 0 Å². The van der Waals surface area contributed by atoms with Crippen LogP contribution in [-0.4, -0.2) is 54.7 Å². The molecule has 0 spiro atoms. The van der Waals surface area contributed by atoms with Crippen molar-refractivity contribution >= 4 is 17.8 Å². The molecular weight excluding hydrogens is 392 g/mol. The number of benzene rings is 1. The molecule has 1 aliphatic rings. The van der Waals surface area contributed by atoms with E-state index in [9.17, 15) is 39.7 Å². The first kappa shape index (κ1) is 23.6. The zero-order valence-electron chi connectivity index (χ0n) is 15.3. The molecule has 1 aromatic carbocycles. The molecule has 2 rings (SSSR count). The monoisotopic (exact) mass is 412 g/mol. The highest BCUT2D eigenvalue weighted by Crippen LogP contribution is 2.33. The van der Waals surface area contributed by atoms with Crippen LogP contribution in [0.15, 0.2) is 30.3 Å². The van der Waals surface area contributed by atoms with Gasteiger partial charge in [0.15, 0.2) is 0 Å². The Hall–Kier alpha value is -3.45. The third-order valence-electron chi connectivity index (χ3n) is 4.38. The molecule has 1 fully saturated rings. The van der Waals surface area contributed by atoms with Gasteiger partial charge in [0.25, 0.3) is 11.8 Å². The Labute approximate surface area is 164 Å². The van der Waals surface area contributed by atoms with Gasteiger partial charge in [0, 0.05) is 24.2 Å². The molecule has 13 heteroatoms. The van der Waals surface area contributed by atoms with Crippen LogP contribution < -0.4 is 5.73 Å². The molecule has 29 heavy (non-hydrogen) atoms. The van der Waals surface area contributed by atoms with Crippen molar-refractivity contribution in [2.24, 2.45) is 5.73 Å². The van der Waals surface area contributed by atoms with E-state index in [0.29, 0.717) is 0 Å². The Bertz CT molecular complexity index is 769. The molecule has 3 unspecified atom stereocenters. The van der Waals surface area contributed by atoms with E-state index in [1.54, 1.807) is 6.07 Å². The Balaban J connectivity index is 0.000000436. The average molecular weight is 412 g/mol. The summed E-state index contributed by atoms with van der Waals surface area (Å²) in [5.41, 5.74) is 2.64. The van der Waals surface area contributed by atoms with Crippen molar-refractivity contribution in [2.45, 2.75) is 43.8 Å². The normalized spacial score (nSPS) is 17.6. The van der Waals surface area contributed by atoms with Gasteiger partial charge in [0.2, 0.25) is 6.04 Å². The predicted octanol–water partition coefficient (Wildman–Crippen LogP) is 0.366. The van der Waals surface area contributed by atoms with Gasteiger partial charge in [-0.15, -0.1) is 0 Å². The maximum Gasteiger partial charge on any atom is 0.399 e. The van der Waals surface area contributed by atoms with E-state index in [4.69, 9.17) is 10.9 Å². The topological polar surface area (TPSA) is 207 Å². The highest BCUT2D eigenvalue weighted by Gasteiger charge is 2.61. The fraction of sp³-hybridized carbons (Fsp3) is 0.438. The summed E-state index contributed by atoms with van der Waals surface area (Å²) in [4.78, 5) is 52.3. The second kappa shape index (κ2) is 9.66. The van der Waals surface area contributed by atoms with Gasteiger partial charge < -0.3 is 5.11 Å². The zero-order valence-corrected chi connectivity index (χ0v) is 15.3. The Morgan fingerprint density at radius 2 is 1.69 bits per heavy atom. The van der Waals surface area contributed by atoms with Gasteiger partial charge >= 0.3 is 11.6 Å². The molecule has 1 aliphatic heterocycles. The van der Waals surface area contributed by atoms with E-state index in [0.717, 1.165) is 0 Å². The van der Waals surface area contributed by atoms with Crippen molar-refractivity contribution in [3.8, 4) is 0 Å². The minimum absolute atomic E-state index is 0.0906. The number of carbonyl (C=O) groups is 3. The zero-order chi connectivity index (χ0) is 22.4.